The first kappa shape index (κ1) is 22.7. The minimum Gasteiger partial charge on any atom is -0.289 e. The lowest BCUT2D eigenvalue weighted by molar-refractivity contribution is -0.0967. The largest absolute Gasteiger partial charge is 0.289 e. The highest BCUT2D eigenvalue weighted by Gasteiger charge is 2.57. The fraction of sp³-hybridized carbons (Fsp3) is 0.500. The number of aromatic nitrogens is 1. The second kappa shape index (κ2) is 8.43. The lowest BCUT2D eigenvalue weighted by Crippen LogP contribution is -2.62. The Morgan fingerprint density at radius 1 is 1.15 bits per heavy atom. The van der Waals surface area contributed by atoms with Gasteiger partial charge in [-0.3, -0.25) is 9.88 Å². The molecule has 178 valence electrons. The summed E-state index contributed by atoms with van der Waals surface area (Å²) in [5, 5.41) is 6.06. The molecule has 3 aromatic rings. The topological polar surface area (TPSA) is 16.1 Å². The summed E-state index contributed by atoms with van der Waals surface area (Å²) in [7, 11) is -1.58. The number of likely N-dealkylation sites (tertiary alicyclic amines) is 1. The molecule has 1 aromatic carbocycles. The Bertz CT molecular complexity index is 1170. The van der Waals surface area contributed by atoms with Crippen LogP contribution in [0.2, 0.25) is 19.6 Å². The van der Waals surface area contributed by atoms with Gasteiger partial charge in [0, 0.05) is 23.2 Å². The number of pyridine rings is 1. The summed E-state index contributed by atoms with van der Waals surface area (Å²) in [5.41, 5.74) is 7.23. The van der Waals surface area contributed by atoms with Crippen molar-refractivity contribution in [2.45, 2.75) is 70.8 Å². The van der Waals surface area contributed by atoms with Gasteiger partial charge in [-0.25, -0.2) is 0 Å². The van der Waals surface area contributed by atoms with Crippen LogP contribution in [-0.2, 0) is 18.5 Å². The van der Waals surface area contributed by atoms with E-state index < -0.39 is 8.07 Å². The van der Waals surface area contributed by atoms with Crippen molar-refractivity contribution in [1.82, 2.24) is 9.88 Å². The number of fused-ring (bicyclic) bond motifs is 1. The molecule has 1 aliphatic heterocycles. The van der Waals surface area contributed by atoms with Crippen molar-refractivity contribution in [3.63, 3.8) is 0 Å². The number of hydrogen-bond acceptors (Lipinski definition) is 3. The van der Waals surface area contributed by atoms with Crippen molar-refractivity contribution in [3.8, 4) is 11.3 Å². The minimum atomic E-state index is -1.58. The number of rotatable bonds is 4. The summed E-state index contributed by atoms with van der Waals surface area (Å²) in [5.74, 6) is 2.32. The first-order valence-corrected chi connectivity index (χ1v) is 17.7. The molecule has 2 bridgehead atoms. The van der Waals surface area contributed by atoms with Gasteiger partial charge in [-0.1, -0.05) is 63.0 Å². The van der Waals surface area contributed by atoms with Crippen molar-refractivity contribution in [2.75, 3.05) is 6.54 Å². The SMILES string of the molecule is C[C@@H]1C[C@H]2Cc3nc(-c4ccsc4)c([Si](C)(C)C)cc3[C@@]3(C1)[C@@H]2CCCN3Cc1ccccc1. The Morgan fingerprint density at radius 3 is 2.71 bits per heavy atom. The summed E-state index contributed by atoms with van der Waals surface area (Å²) in [6.45, 7) is 12.3. The normalized spacial score (nSPS) is 28.9. The molecule has 0 amide bonds. The van der Waals surface area contributed by atoms with Crippen LogP contribution in [-0.4, -0.2) is 24.5 Å². The van der Waals surface area contributed by atoms with E-state index in [4.69, 9.17) is 4.98 Å². The second-order valence-electron chi connectivity index (χ2n) is 12.2. The Morgan fingerprint density at radius 2 is 1.97 bits per heavy atom. The molecular formula is C30H38N2SSi. The monoisotopic (exact) mass is 486 g/mol. The van der Waals surface area contributed by atoms with Crippen LogP contribution < -0.4 is 5.19 Å². The van der Waals surface area contributed by atoms with Crippen molar-refractivity contribution in [3.05, 3.63) is 70.0 Å². The fourth-order valence-electron chi connectivity index (χ4n) is 7.63. The van der Waals surface area contributed by atoms with Crippen LogP contribution in [0.3, 0.4) is 0 Å². The molecule has 4 heteroatoms. The summed E-state index contributed by atoms with van der Waals surface area (Å²) in [6, 6.07) is 16.1. The van der Waals surface area contributed by atoms with Gasteiger partial charge in [0.1, 0.15) is 0 Å². The van der Waals surface area contributed by atoms with Gasteiger partial charge in [0.25, 0.3) is 0 Å². The van der Waals surface area contributed by atoms with Crippen LogP contribution >= 0.6 is 11.3 Å². The number of nitrogens with zero attached hydrogens (tertiary/aromatic N) is 2. The van der Waals surface area contributed by atoms with Gasteiger partial charge in [-0.05, 0) is 84.2 Å². The fourth-order valence-corrected chi connectivity index (χ4v) is 9.76. The molecule has 2 aliphatic carbocycles. The number of hydrogen-bond donors (Lipinski definition) is 0. The molecule has 2 nitrogen and oxygen atoms in total. The van der Waals surface area contributed by atoms with Gasteiger partial charge >= 0.3 is 0 Å². The highest BCUT2D eigenvalue weighted by molar-refractivity contribution is 7.08. The van der Waals surface area contributed by atoms with Crippen molar-refractivity contribution in [1.29, 1.82) is 0 Å². The molecule has 0 N–H and O–H groups in total. The highest BCUT2D eigenvalue weighted by atomic mass is 32.1. The summed E-state index contributed by atoms with van der Waals surface area (Å²) in [6.07, 6.45) is 6.56. The maximum atomic E-state index is 5.57. The van der Waals surface area contributed by atoms with E-state index in [2.05, 4.69) is 84.7 Å². The van der Waals surface area contributed by atoms with E-state index in [0.29, 0.717) is 0 Å². The Hall–Kier alpha value is -1.75. The maximum Gasteiger partial charge on any atom is 0.0804 e. The lowest BCUT2D eigenvalue weighted by Gasteiger charge is -2.62. The first-order valence-electron chi connectivity index (χ1n) is 13.2. The standard InChI is InChI=1S/C30H38N2SSi/c1-21-15-24-16-27-26(17-28(34(2,3)4)29(31-27)23-12-14-33-20-23)30(18-21)25(24)11-8-13-32(30)19-22-9-6-5-7-10-22/h5-7,9-10,12,14,17,20-21,24-25H,8,11,13,15-16,18-19H2,1-4H3/t21-,24+,25-,30-/m1/s1. The smallest absolute Gasteiger partial charge is 0.0804 e. The van der Waals surface area contributed by atoms with E-state index in [1.807, 2.05) is 0 Å². The van der Waals surface area contributed by atoms with E-state index in [0.717, 1.165) is 24.3 Å². The Kier molecular flexibility index (Phi) is 5.62. The van der Waals surface area contributed by atoms with Gasteiger partial charge in [0.05, 0.1) is 19.3 Å². The third kappa shape index (κ3) is 3.65. The zero-order chi connectivity index (χ0) is 23.5. The van der Waals surface area contributed by atoms with Gasteiger partial charge in [0.15, 0.2) is 0 Å². The predicted molar refractivity (Wildman–Crippen MR) is 147 cm³/mol. The molecule has 0 radical (unpaired) electrons. The molecule has 1 saturated carbocycles. The van der Waals surface area contributed by atoms with Crippen molar-refractivity contribution < 1.29 is 0 Å². The third-order valence-electron chi connectivity index (χ3n) is 8.90. The molecule has 0 unspecified atom stereocenters. The molecule has 1 saturated heterocycles. The van der Waals surface area contributed by atoms with Crippen LogP contribution in [0.15, 0.2) is 53.2 Å². The number of benzene rings is 1. The molecule has 3 aliphatic rings. The van der Waals surface area contributed by atoms with Crippen molar-refractivity contribution in [2.24, 2.45) is 17.8 Å². The van der Waals surface area contributed by atoms with E-state index >= 15 is 0 Å². The molecule has 2 aromatic heterocycles. The first-order chi connectivity index (χ1) is 16.4. The molecule has 2 fully saturated rings. The molecule has 34 heavy (non-hydrogen) atoms. The molecular weight excluding hydrogens is 448 g/mol. The van der Waals surface area contributed by atoms with E-state index in [1.54, 1.807) is 22.1 Å². The number of thiophene rings is 1. The van der Waals surface area contributed by atoms with Crippen LogP contribution in [0.25, 0.3) is 11.3 Å². The maximum absolute atomic E-state index is 5.57. The van der Waals surface area contributed by atoms with Gasteiger partial charge in [0.2, 0.25) is 0 Å². The zero-order valence-corrected chi connectivity index (χ0v) is 23.0. The van der Waals surface area contributed by atoms with Crippen LogP contribution in [0.5, 0.6) is 0 Å². The summed E-state index contributed by atoms with van der Waals surface area (Å²) >= 11 is 1.79. The highest BCUT2D eigenvalue weighted by Crippen LogP contribution is 2.59. The Balaban J connectivity index is 1.56. The Labute approximate surface area is 210 Å². The third-order valence-corrected chi connectivity index (χ3v) is 11.6. The van der Waals surface area contributed by atoms with Gasteiger partial charge in [-0.15, -0.1) is 0 Å². The zero-order valence-electron chi connectivity index (χ0n) is 21.2. The van der Waals surface area contributed by atoms with E-state index in [1.165, 1.54) is 61.2 Å². The van der Waals surface area contributed by atoms with E-state index in [9.17, 15) is 0 Å². The lowest BCUT2D eigenvalue weighted by atomic mass is 9.53. The predicted octanol–water partition coefficient (Wildman–Crippen LogP) is 7.07. The van der Waals surface area contributed by atoms with Crippen LogP contribution in [0, 0.1) is 17.8 Å². The van der Waals surface area contributed by atoms with Crippen LogP contribution in [0.1, 0.15) is 49.4 Å². The quantitative estimate of drug-likeness (QED) is 0.367. The van der Waals surface area contributed by atoms with Crippen LogP contribution in [0.4, 0.5) is 0 Å². The van der Waals surface area contributed by atoms with Gasteiger partial charge < -0.3 is 0 Å². The van der Waals surface area contributed by atoms with E-state index in [-0.39, 0.29) is 5.54 Å². The molecule has 6 rings (SSSR count). The van der Waals surface area contributed by atoms with Crippen molar-refractivity contribution >= 4 is 24.6 Å². The van der Waals surface area contributed by atoms with Gasteiger partial charge in [-0.2, -0.15) is 11.3 Å². The minimum absolute atomic E-state index is 0.151. The average molecular weight is 487 g/mol. The summed E-state index contributed by atoms with van der Waals surface area (Å²) in [4.78, 5) is 8.47. The second-order valence-corrected chi connectivity index (χ2v) is 18.0. The molecule has 0 spiro atoms. The molecule has 3 heterocycles. The number of piperidine rings is 1. The summed E-state index contributed by atoms with van der Waals surface area (Å²) < 4.78 is 0. The average Bonchev–Trinajstić information content (AvgIpc) is 3.33. The molecule has 4 atom stereocenters.